The van der Waals surface area contributed by atoms with E-state index in [1.165, 1.54) is 0 Å². The Morgan fingerprint density at radius 2 is 1.85 bits per heavy atom. The van der Waals surface area contributed by atoms with Crippen LogP contribution in [0.2, 0.25) is 5.02 Å². The number of anilines is 3. The molecular weight excluding hydrogens is 362 g/mol. The molecule has 2 N–H and O–H groups in total. The number of halogens is 1. The van der Waals surface area contributed by atoms with Gasteiger partial charge in [-0.15, -0.1) is 0 Å². The van der Waals surface area contributed by atoms with E-state index in [1.807, 2.05) is 25.1 Å². The second kappa shape index (κ2) is 7.85. The number of para-hydroxylation sites is 1. The van der Waals surface area contributed by atoms with Gasteiger partial charge in [-0.3, -0.25) is 4.79 Å². The Balaban J connectivity index is 1.86. The van der Waals surface area contributed by atoms with Crippen LogP contribution >= 0.6 is 11.6 Å². The van der Waals surface area contributed by atoms with Crippen molar-refractivity contribution in [3.63, 3.8) is 0 Å². The van der Waals surface area contributed by atoms with Gasteiger partial charge in [0.2, 0.25) is 0 Å². The topological polar surface area (TPSA) is 90.7 Å². The largest absolute Gasteiger partial charge is 0.340 e. The summed E-state index contributed by atoms with van der Waals surface area (Å²) in [5.74, 6) is 0.524. The average Bonchev–Trinajstić information content (AvgIpc) is 2.64. The molecule has 0 unspecified atom stereocenters. The Hall–Kier alpha value is -3.43. The van der Waals surface area contributed by atoms with Crippen molar-refractivity contribution < 1.29 is 4.79 Å². The van der Waals surface area contributed by atoms with E-state index in [-0.39, 0.29) is 5.69 Å². The van der Waals surface area contributed by atoms with Gasteiger partial charge in [0.05, 0.1) is 11.3 Å². The van der Waals surface area contributed by atoms with Crippen molar-refractivity contribution in [2.75, 3.05) is 10.6 Å². The van der Waals surface area contributed by atoms with Gasteiger partial charge >= 0.3 is 0 Å². The fourth-order valence-corrected chi connectivity index (χ4v) is 2.76. The standard InChI is InChI=1S/C20H16ClN5O/c1-12-9-15(21)7-8-16(12)25-19-10-18(23-13(2)24-19)20(27)26-17-6-4-3-5-14(17)11-22/h3-10H,1-2H3,(H,26,27)(H,23,24,25). The molecule has 0 radical (unpaired) electrons. The van der Waals surface area contributed by atoms with Crippen molar-refractivity contribution in [1.82, 2.24) is 9.97 Å². The van der Waals surface area contributed by atoms with Crippen molar-refractivity contribution in [3.05, 3.63) is 76.2 Å². The minimum Gasteiger partial charge on any atom is -0.340 e. The van der Waals surface area contributed by atoms with Crippen LogP contribution in [-0.2, 0) is 0 Å². The molecule has 0 fully saturated rings. The van der Waals surface area contributed by atoms with Gasteiger partial charge in [-0.05, 0) is 49.7 Å². The van der Waals surface area contributed by atoms with Crippen molar-refractivity contribution in [2.24, 2.45) is 0 Å². The van der Waals surface area contributed by atoms with Gasteiger partial charge in [0, 0.05) is 16.8 Å². The highest BCUT2D eigenvalue weighted by Crippen LogP contribution is 2.23. The van der Waals surface area contributed by atoms with Crippen LogP contribution in [0.25, 0.3) is 0 Å². The van der Waals surface area contributed by atoms with Crippen molar-refractivity contribution >= 4 is 34.7 Å². The summed E-state index contributed by atoms with van der Waals surface area (Å²) in [6.45, 7) is 3.63. The second-order valence-corrected chi connectivity index (χ2v) is 6.32. The van der Waals surface area contributed by atoms with Gasteiger partial charge < -0.3 is 10.6 Å². The Morgan fingerprint density at radius 1 is 1.07 bits per heavy atom. The molecule has 0 atom stereocenters. The van der Waals surface area contributed by atoms with Crippen molar-refractivity contribution in [2.45, 2.75) is 13.8 Å². The third kappa shape index (κ3) is 4.40. The number of hydrogen-bond donors (Lipinski definition) is 2. The molecule has 0 spiro atoms. The van der Waals surface area contributed by atoms with E-state index in [0.717, 1.165) is 11.3 Å². The molecule has 6 nitrogen and oxygen atoms in total. The SMILES string of the molecule is Cc1nc(Nc2ccc(Cl)cc2C)cc(C(=O)Nc2ccccc2C#N)n1. The smallest absolute Gasteiger partial charge is 0.274 e. The lowest BCUT2D eigenvalue weighted by Gasteiger charge is -2.11. The molecule has 1 amide bonds. The van der Waals surface area contributed by atoms with E-state index in [2.05, 4.69) is 20.6 Å². The van der Waals surface area contributed by atoms with Crippen molar-refractivity contribution in [1.29, 1.82) is 5.26 Å². The molecule has 0 saturated carbocycles. The fraction of sp³-hybridized carbons (Fsp3) is 0.100. The van der Waals surface area contributed by atoms with Gasteiger partial charge in [0.1, 0.15) is 23.4 Å². The van der Waals surface area contributed by atoms with Crippen LogP contribution in [-0.4, -0.2) is 15.9 Å². The molecule has 0 aliphatic carbocycles. The van der Waals surface area contributed by atoms with Gasteiger partial charge in [-0.2, -0.15) is 5.26 Å². The molecule has 0 bridgehead atoms. The molecule has 3 rings (SSSR count). The average molecular weight is 378 g/mol. The van der Waals surface area contributed by atoms with E-state index >= 15 is 0 Å². The summed E-state index contributed by atoms with van der Waals surface area (Å²) in [6, 6.07) is 15.9. The summed E-state index contributed by atoms with van der Waals surface area (Å²) < 4.78 is 0. The molecule has 3 aromatic rings. The summed E-state index contributed by atoms with van der Waals surface area (Å²) in [4.78, 5) is 21.1. The lowest BCUT2D eigenvalue weighted by Crippen LogP contribution is -2.16. The van der Waals surface area contributed by atoms with Crippen LogP contribution in [0.4, 0.5) is 17.2 Å². The number of aromatic nitrogens is 2. The number of nitriles is 1. The number of carbonyl (C=O) groups excluding carboxylic acids is 1. The first kappa shape index (κ1) is 18.4. The first-order valence-corrected chi connectivity index (χ1v) is 8.53. The summed E-state index contributed by atoms with van der Waals surface area (Å²) in [7, 11) is 0. The van der Waals surface area contributed by atoms with Gasteiger partial charge in [-0.1, -0.05) is 23.7 Å². The van der Waals surface area contributed by atoms with E-state index in [0.29, 0.717) is 27.9 Å². The molecule has 134 valence electrons. The number of benzene rings is 2. The van der Waals surface area contributed by atoms with Gasteiger partial charge in [0.15, 0.2) is 0 Å². The Kier molecular flexibility index (Phi) is 5.34. The van der Waals surface area contributed by atoms with Gasteiger partial charge in [-0.25, -0.2) is 9.97 Å². The maximum Gasteiger partial charge on any atom is 0.274 e. The summed E-state index contributed by atoms with van der Waals surface area (Å²) in [5, 5.41) is 15.7. The lowest BCUT2D eigenvalue weighted by molar-refractivity contribution is 0.102. The van der Waals surface area contributed by atoms with E-state index in [9.17, 15) is 4.79 Å². The molecule has 0 aliphatic heterocycles. The van der Waals surface area contributed by atoms with Crippen molar-refractivity contribution in [3.8, 4) is 6.07 Å². The minimum atomic E-state index is -0.418. The maximum absolute atomic E-state index is 12.6. The molecule has 2 aromatic carbocycles. The third-order valence-electron chi connectivity index (χ3n) is 3.82. The number of nitrogens with one attached hydrogen (secondary N) is 2. The molecule has 0 saturated heterocycles. The third-order valence-corrected chi connectivity index (χ3v) is 4.05. The summed E-state index contributed by atoms with van der Waals surface area (Å²) in [5.41, 5.74) is 2.80. The highest BCUT2D eigenvalue weighted by Gasteiger charge is 2.13. The zero-order valence-electron chi connectivity index (χ0n) is 14.7. The first-order chi connectivity index (χ1) is 13.0. The predicted molar refractivity (Wildman–Crippen MR) is 105 cm³/mol. The second-order valence-electron chi connectivity index (χ2n) is 5.88. The number of nitrogens with zero attached hydrogens (tertiary/aromatic N) is 3. The zero-order valence-corrected chi connectivity index (χ0v) is 15.5. The normalized spacial score (nSPS) is 10.1. The van der Waals surface area contributed by atoms with Crippen LogP contribution in [0, 0.1) is 25.2 Å². The van der Waals surface area contributed by atoms with Crippen LogP contribution in [0.15, 0.2) is 48.5 Å². The Morgan fingerprint density at radius 3 is 2.59 bits per heavy atom. The summed E-state index contributed by atoms with van der Waals surface area (Å²) >= 11 is 5.98. The van der Waals surface area contributed by atoms with Crippen LogP contribution in [0.3, 0.4) is 0 Å². The number of carbonyl (C=O) groups is 1. The highest BCUT2D eigenvalue weighted by molar-refractivity contribution is 6.30. The lowest BCUT2D eigenvalue weighted by atomic mass is 10.2. The summed E-state index contributed by atoms with van der Waals surface area (Å²) in [6.07, 6.45) is 0. The molecule has 1 aromatic heterocycles. The highest BCUT2D eigenvalue weighted by atomic mass is 35.5. The van der Waals surface area contributed by atoms with Crippen LogP contribution in [0.1, 0.15) is 27.4 Å². The molecule has 0 aliphatic rings. The number of aryl methyl sites for hydroxylation is 2. The molecular formula is C20H16ClN5O. The quantitative estimate of drug-likeness (QED) is 0.692. The number of amides is 1. The molecule has 1 heterocycles. The van der Waals surface area contributed by atoms with Crippen LogP contribution < -0.4 is 10.6 Å². The minimum absolute atomic E-state index is 0.198. The van der Waals surface area contributed by atoms with E-state index in [4.69, 9.17) is 16.9 Å². The maximum atomic E-state index is 12.6. The van der Waals surface area contributed by atoms with E-state index < -0.39 is 5.91 Å². The Labute approximate surface area is 161 Å². The molecule has 27 heavy (non-hydrogen) atoms. The monoisotopic (exact) mass is 377 g/mol. The Bertz CT molecular complexity index is 1060. The number of rotatable bonds is 4. The van der Waals surface area contributed by atoms with Crippen LogP contribution in [0.5, 0.6) is 0 Å². The zero-order chi connectivity index (χ0) is 19.4. The molecule has 7 heteroatoms. The predicted octanol–water partition coefficient (Wildman–Crippen LogP) is 4.61. The van der Waals surface area contributed by atoms with E-state index in [1.54, 1.807) is 43.3 Å². The number of hydrogen-bond acceptors (Lipinski definition) is 5. The van der Waals surface area contributed by atoms with Gasteiger partial charge in [0.25, 0.3) is 5.91 Å². The first-order valence-electron chi connectivity index (χ1n) is 8.15. The fourth-order valence-electron chi connectivity index (χ4n) is 2.53.